The van der Waals surface area contributed by atoms with Gasteiger partial charge >= 0.3 is 0 Å². The molecule has 0 radical (unpaired) electrons. The van der Waals surface area contributed by atoms with E-state index in [0.717, 1.165) is 15.8 Å². The summed E-state index contributed by atoms with van der Waals surface area (Å²) in [6.07, 6.45) is 0. The molecule has 2 amide bonds. The van der Waals surface area contributed by atoms with Crippen LogP contribution in [0.25, 0.3) is 10.2 Å². The number of hydrogen-bond acceptors (Lipinski definition) is 5. The lowest BCUT2D eigenvalue weighted by molar-refractivity contribution is -0.134. The molecule has 2 aromatic rings. The molecule has 1 saturated heterocycles. The van der Waals surface area contributed by atoms with Gasteiger partial charge in [0, 0.05) is 12.7 Å². The molecule has 1 aliphatic rings. The van der Waals surface area contributed by atoms with Crippen molar-refractivity contribution in [1.82, 2.24) is 9.88 Å². The molecule has 1 fully saturated rings. The van der Waals surface area contributed by atoms with Gasteiger partial charge in [0.1, 0.15) is 6.04 Å². The first-order valence-corrected chi connectivity index (χ1v) is 8.55. The van der Waals surface area contributed by atoms with Crippen LogP contribution in [0.2, 0.25) is 0 Å². The molecule has 110 valence electrons. The smallest absolute Gasteiger partial charge is 0.249 e. The second kappa shape index (κ2) is 5.65. The number of anilines is 1. The summed E-state index contributed by atoms with van der Waals surface area (Å²) in [5, 5.41) is 3.43. The van der Waals surface area contributed by atoms with Crippen LogP contribution in [0.3, 0.4) is 0 Å². The molecule has 1 aromatic carbocycles. The first-order chi connectivity index (χ1) is 10.1. The van der Waals surface area contributed by atoms with Crippen LogP contribution in [0, 0.1) is 6.92 Å². The number of aromatic nitrogens is 1. The lowest BCUT2D eigenvalue weighted by atomic mass is 10.2. The van der Waals surface area contributed by atoms with E-state index in [1.807, 2.05) is 25.1 Å². The summed E-state index contributed by atoms with van der Waals surface area (Å²) in [4.78, 5) is 29.9. The standard InChI is InChI=1S/C14H15N3O2S2/c1-8-4-3-5-11-12(8)15-14(21-11)16-13(19)10-6-20-7-17(10)9(2)18/h3-5,10H,6-7H2,1-2H3,(H,15,16,19). The second-order valence-corrected chi connectivity index (χ2v) is 6.96. The van der Waals surface area contributed by atoms with Crippen LogP contribution >= 0.6 is 23.1 Å². The number of nitrogens with zero attached hydrogens (tertiary/aromatic N) is 2. The minimum Gasteiger partial charge on any atom is -0.321 e. The molecule has 1 aliphatic heterocycles. The molecule has 2 heterocycles. The predicted molar refractivity (Wildman–Crippen MR) is 86.6 cm³/mol. The van der Waals surface area contributed by atoms with Gasteiger partial charge in [-0.25, -0.2) is 4.98 Å². The summed E-state index contributed by atoms with van der Waals surface area (Å²) < 4.78 is 1.05. The van der Waals surface area contributed by atoms with Gasteiger partial charge < -0.3 is 10.2 Å². The molecule has 5 nitrogen and oxygen atoms in total. The molecule has 0 aliphatic carbocycles. The molecule has 1 N–H and O–H groups in total. The van der Waals surface area contributed by atoms with Crippen molar-refractivity contribution in [3.63, 3.8) is 0 Å². The van der Waals surface area contributed by atoms with Crippen molar-refractivity contribution in [2.75, 3.05) is 16.9 Å². The molecule has 1 unspecified atom stereocenters. The first kappa shape index (κ1) is 14.3. The summed E-state index contributed by atoms with van der Waals surface area (Å²) in [5.41, 5.74) is 2.01. The summed E-state index contributed by atoms with van der Waals surface area (Å²) in [6.45, 7) is 3.49. The number of amides is 2. The van der Waals surface area contributed by atoms with Gasteiger partial charge in [-0.05, 0) is 18.6 Å². The SMILES string of the molecule is CC(=O)N1CSCC1C(=O)Nc1nc2c(C)cccc2s1. The number of hydrogen-bond donors (Lipinski definition) is 1. The van der Waals surface area contributed by atoms with Gasteiger partial charge in [0.05, 0.1) is 16.1 Å². The van der Waals surface area contributed by atoms with Gasteiger partial charge in [0.2, 0.25) is 11.8 Å². The van der Waals surface area contributed by atoms with Crippen LogP contribution in [-0.4, -0.2) is 39.4 Å². The largest absolute Gasteiger partial charge is 0.321 e. The van der Waals surface area contributed by atoms with E-state index in [-0.39, 0.29) is 11.8 Å². The van der Waals surface area contributed by atoms with Crippen LogP contribution in [0.15, 0.2) is 18.2 Å². The second-order valence-electron chi connectivity index (χ2n) is 4.93. The Labute approximate surface area is 130 Å². The van der Waals surface area contributed by atoms with E-state index in [9.17, 15) is 9.59 Å². The van der Waals surface area contributed by atoms with Gasteiger partial charge in [-0.15, -0.1) is 11.8 Å². The van der Waals surface area contributed by atoms with Gasteiger partial charge in [-0.2, -0.15) is 0 Å². The molecule has 0 saturated carbocycles. The van der Waals surface area contributed by atoms with Gasteiger partial charge in [0.15, 0.2) is 5.13 Å². The zero-order chi connectivity index (χ0) is 15.0. The Morgan fingerprint density at radius 3 is 2.95 bits per heavy atom. The number of fused-ring (bicyclic) bond motifs is 1. The molecule has 21 heavy (non-hydrogen) atoms. The van der Waals surface area contributed by atoms with Crippen molar-refractivity contribution in [3.8, 4) is 0 Å². The lowest BCUT2D eigenvalue weighted by Gasteiger charge is -2.20. The van der Waals surface area contributed by atoms with E-state index < -0.39 is 6.04 Å². The molecule has 0 spiro atoms. The normalized spacial score (nSPS) is 18.2. The Morgan fingerprint density at radius 2 is 2.24 bits per heavy atom. The van der Waals surface area contributed by atoms with Crippen molar-refractivity contribution in [2.24, 2.45) is 0 Å². The Hall–Kier alpha value is -1.60. The minimum atomic E-state index is -0.402. The number of rotatable bonds is 2. The fraction of sp³-hybridized carbons (Fsp3) is 0.357. The average molecular weight is 321 g/mol. The highest BCUT2D eigenvalue weighted by molar-refractivity contribution is 7.99. The molecule has 7 heteroatoms. The molecular weight excluding hydrogens is 306 g/mol. The van der Waals surface area contributed by atoms with Crippen LogP contribution in [0.1, 0.15) is 12.5 Å². The third-order valence-electron chi connectivity index (χ3n) is 3.44. The topological polar surface area (TPSA) is 62.3 Å². The minimum absolute atomic E-state index is 0.0692. The van der Waals surface area contributed by atoms with Crippen LogP contribution < -0.4 is 5.32 Å². The Bertz CT molecular complexity index is 713. The van der Waals surface area contributed by atoms with E-state index in [2.05, 4.69) is 10.3 Å². The molecule has 1 aromatic heterocycles. The zero-order valence-corrected chi connectivity index (χ0v) is 13.4. The highest BCUT2D eigenvalue weighted by Gasteiger charge is 2.33. The summed E-state index contributed by atoms with van der Waals surface area (Å²) in [6, 6.07) is 5.56. The molecule has 1 atom stereocenters. The average Bonchev–Trinajstić information content (AvgIpc) is 3.04. The third-order valence-corrected chi connectivity index (χ3v) is 5.39. The number of aryl methyl sites for hydroxylation is 1. The number of para-hydroxylation sites is 1. The van der Waals surface area contributed by atoms with Crippen molar-refractivity contribution in [1.29, 1.82) is 0 Å². The number of benzene rings is 1. The van der Waals surface area contributed by atoms with Gasteiger partial charge in [-0.3, -0.25) is 9.59 Å². The number of thioether (sulfide) groups is 1. The van der Waals surface area contributed by atoms with E-state index >= 15 is 0 Å². The van der Waals surface area contributed by atoms with E-state index in [4.69, 9.17) is 0 Å². The Morgan fingerprint density at radius 1 is 1.43 bits per heavy atom. The first-order valence-electron chi connectivity index (χ1n) is 6.58. The van der Waals surface area contributed by atoms with E-state index in [1.165, 1.54) is 18.3 Å². The Kier molecular flexibility index (Phi) is 3.86. The molecular formula is C14H15N3O2S2. The summed E-state index contributed by atoms with van der Waals surface area (Å²) >= 11 is 3.05. The quantitative estimate of drug-likeness (QED) is 0.923. The summed E-state index contributed by atoms with van der Waals surface area (Å²) in [5.74, 6) is 0.981. The molecule has 0 bridgehead atoms. The zero-order valence-electron chi connectivity index (χ0n) is 11.8. The fourth-order valence-corrected chi connectivity index (χ4v) is 4.46. The van der Waals surface area contributed by atoms with E-state index in [1.54, 1.807) is 16.7 Å². The molecule has 3 rings (SSSR count). The number of carbonyl (C=O) groups is 2. The van der Waals surface area contributed by atoms with Crippen LogP contribution in [0.4, 0.5) is 5.13 Å². The van der Waals surface area contributed by atoms with E-state index in [0.29, 0.717) is 16.8 Å². The Balaban J connectivity index is 1.80. The highest BCUT2D eigenvalue weighted by Crippen LogP contribution is 2.29. The van der Waals surface area contributed by atoms with Crippen LogP contribution in [0.5, 0.6) is 0 Å². The van der Waals surface area contributed by atoms with Crippen LogP contribution in [-0.2, 0) is 9.59 Å². The lowest BCUT2D eigenvalue weighted by Crippen LogP contribution is -2.43. The van der Waals surface area contributed by atoms with Crippen molar-refractivity contribution in [3.05, 3.63) is 23.8 Å². The van der Waals surface area contributed by atoms with Crippen molar-refractivity contribution < 1.29 is 9.59 Å². The summed E-state index contributed by atoms with van der Waals surface area (Å²) in [7, 11) is 0. The van der Waals surface area contributed by atoms with Gasteiger partial charge in [0.25, 0.3) is 0 Å². The maximum absolute atomic E-state index is 12.3. The maximum Gasteiger partial charge on any atom is 0.249 e. The fourth-order valence-electron chi connectivity index (χ4n) is 2.30. The highest BCUT2D eigenvalue weighted by atomic mass is 32.2. The number of nitrogens with one attached hydrogen (secondary N) is 1. The maximum atomic E-state index is 12.3. The van der Waals surface area contributed by atoms with Crippen molar-refractivity contribution in [2.45, 2.75) is 19.9 Å². The monoisotopic (exact) mass is 321 g/mol. The van der Waals surface area contributed by atoms with Crippen molar-refractivity contribution >= 4 is 50.3 Å². The third kappa shape index (κ3) is 2.75. The number of carbonyl (C=O) groups excluding carboxylic acids is 2. The number of thiazole rings is 1. The van der Waals surface area contributed by atoms with Gasteiger partial charge in [-0.1, -0.05) is 23.5 Å². The predicted octanol–water partition coefficient (Wildman–Crippen LogP) is 2.46.